The van der Waals surface area contributed by atoms with Gasteiger partial charge in [-0.2, -0.15) is 0 Å². The van der Waals surface area contributed by atoms with Crippen molar-refractivity contribution in [2.45, 2.75) is 53.0 Å². The van der Waals surface area contributed by atoms with E-state index < -0.39 is 0 Å². The van der Waals surface area contributed by atoms with Crippen LogP contribution in [0.25, 0.3) is 0 Å². The fourth-order valence-electron chi connectivity index (χ4n) is 5.48. The van der Waals surface area contributed by atoms with Crippen LogP contribution in [-0.2, 0) is 16.0 Å². The third kappa shape index (κ3) is 6.60. The first-order valence-electron chi connectivity index (χ1n) is 13.7. The normalized spacial score (nSPS) is 20.7. The van der Waals surface area contributed by atoms with E-state index >= 15 is 0 Å². The van der Waals surface area contributed by atoms with Crippen LogP contribution in [0.2, 0.25) is 0 Å². The molecule has 2 unspecified atom stereocenters. The molecule has 2 fully saturated rings. The van der Waals surface area contributed by atoms with Gasteiger partial charge in [-0.15, -0.1) is 0 Å². The van der Waals surface area contributed by atoms with Gasteiger partial charge in [0, 0.05) is 56.2 Å². The third-order valence-electron chi connectivity index (χ3n) is 7.63. The molecule has 2 aliphatic rings. The minimum absolute atomic E-state index is 0.0966. The van der Waals surface area contributed by atoms with E-state index in [9.17, 15) is 4.79 Å². The van der Waals surface area contributed by atoms with E-state index in [0.29, 0.717) is 35.7 Å². The summed E-state index contributed by atoms with van der Waals surface area (Å²) < 4.78 is 5.48. The van der Waals surface area contributed by atoms with E-state index in [4.69, 9.17) is 15.9 Å². The maximum absolute atomic E-state index is 13.7. The number of carbonyl (C=O) groups excluding carboxylic acids is 1. The smallest absolute Gasteiger partial charge is 0.257 e. The maximum atomic E-state index is 13.7. The van der Waals surface area contributed by atoms with Gasteiger partial charge < -0.3 is 31.0 Å². The molecule has 2 aromatic rings. The lowest BCUT2D eigenvalue weighted by molar-refractivity contribution is -0.112. The van der Waals surface area contributed by atoms with Crippen molar-refractivity contribution in [3.05, 3.63) is 58.9 Å². The number of aromatic nitrogens is 1. The Morgan fingerprint density at radius 2 is 1.97 bits per heavy atom. The first-order valence-corrected chi connectivity index (χ1v) is 13.7. The fraction of sp³-hybridized carbons (Fsp3) is 0.500. The Morgan fingerprint density at radius 1 is 1.21 bits per heavy atom. The highest BCUT2D eigenvalue weighted by Gasteiger charge is 2.26. The second kappa shape index (κ2) is 12.5. The highest BCUT2D eigenvalue weighted by Crippen LogP contribution is 2.30. The Morgan fingerprint density at radius 3 is 2.66 bits per heavy atom. The van der Waals surface area contributed by atoms with E-state index in [1.54, 1.807) is 12.4 Å². The molecule has 204 valence electrons. The highest BCUT2D eigenvalue weighted by atomic mass is 16.5. The number of anilines is 3. The van der Waals surface area contributed by atoms with Gasteiger partial charge >= 0.3 is 0 Å². The zero-order chi connectivity index (χ0) is 27.2. The maximum Gasteiger partial charge on any atom is 0.257 e. The zero-order valence-corrected chi connectivity index (χ0v) is 23.2. The summed E-state index contributed by atoms with van der Waals surface area (Å²) in [7, 11) is 0. The summed E-state index contributed by atoms with van der Waals surface area (Å²) in [6, 6.07) is 8.41. The van der Waals surface area contributed by atoms with Crippen molar-refractivity contribution < 1.29 is 9.53 Å². The van der Waals surface area contributed by atoms with Crippen molar-refractivity contribution in [2.24, 2.45) is 11.7 Å². The highest BCUT2D eigenvalue weighted by molar-refractivity contribution is 6.25. The number of pyridine rings is 1. The molecule has 4 rings (SSSR count). The number of nitrogens with zero attached hydrogens (tertiary/aromatic N) is 3. The van der Waals surface area contributed by atoms with Crippen molar-refractivity contribution in [3.8, 4) is 0 Å². The number of hydrogen-bond donors (Lipinski definition) is 3. The van der Waals surface area contributed by atoms with Gasteiger partial charge in [0.05, 0.1) is 36.4 Å². The van der Waals surface area contributed by atoms with Gasteiger partial charge in [-0.05, 0) is 61.9 Å². The molecule has 3 heterocycles. The number of nitrogens with two attached hydrogens (primary N) is 1. The van der Waals surface area contributed by atoms with E-state index in [1.807, 2.05) is 19.9 Å². The molecule has 1 aromatic carbocycles. The molecule has 1 amide bonds. The van der Waals surface area contributed by atoms with E-state index in [1.165, 1.54) is 5.69 Å². The van der Waals surface area contributed by atoms with Crippen LogP contribution >= 0.6 is 0 Å². The van der Waals surface area contributed by atoms with Crippen LogP contribution in [0.3, 0.4) is 0 Å². The first kappa shape index (κ1) is 27.8. The summed E-state index contributed by atoms with van der Waals surface area (Å²) in [6.45, 7) is 13.1. The number of hydrogen-bond acceptors (Lipinski definition) is 7. The van der Waals surface area contributed by atoms with Crippen molar-refractivity contribution in [2.75, 3.05) is 54.5 Å². The molecule has 38 heavy (non-hydrogen) atoms. The number of carbonyl (C=O) groups is 1. The van der Waals surface area contributed by atoms with E-state index in [2.05, 4.69) is 52.1 Å². The molecular formula is C30H42N6O2. The monoisotopic (exact) mass is 518 g/mol. The Kier molecular flexibility index (Phi) is 9.17. The number of ether oxygens (including phenoxy) is 1. The Bertz CT molecular complexity index is 1180. The van der Waals surface area contributed by atoms with Crippen LogP contribution in [0, 0.1) is 18.3 Å². The number of aryl methyl sites for hydroxylation is 1. The minimum atomic E-state index is -0.263. The third-order valence-corrected chi connectivity index (χ3v) is 7.63. The lowest BCUT2D eigenvalue weighted by Gasteiger charge is -2.37. The number of nitrogens with one attached hydrogen (secondary N) is 2. The molecule has 4 N–H and O–H groups in total. The summed E-state index contributed by atoms with van der Waals surface area (Å²) in [5, 5.41) is 12.1. The van der Waals surface area contributed by atoms with E-state index in [0.717, 1.165) is 68.2 Å². The summed E-state index contributed by atoms with van der Waals surface area (Å²) in [6.07, 6.45) is 5.52. The lowest BCUT2D eigenvalue weighted by atomic mass is 9.94. The lowest BCUT2D eigenvalue weighted by Crippen LogP contribution is -2.46. The van der Waals surface area contributed by atoms with Gasteiger partial charge in [0.15, 0.2) is 0 Å². The summed E-state index contributed by atoms with van der Waals surface area (Å²) >= 11 is 0. The van der Waals surface area contributed by atoms with Gasteiger partial charge in [-0.25, -0.2) is 0 Å². The van der Waals surface area contributed by atoms with Gasteiger partial charge in [-0.1, -0.05) is 25.5 Å². The van der Waals surface area contributed by atoms with Crippen LogP contribution in [0.1, 0.15) is 44.7 Å². The molecule has 1 aromatic heterocycles. The van der Waals surface area contributed by atoms with Crippen LogP contribution in [0.15, 0.2) is 47.8 Å². The number of rotatable bonds is 8. The van der Waals surface area contributed by atoms with Crippen molar-refractivity contribution in [1.82, 2.24) is 4.98 Å². The molecule has 0 bridgehead atoms. The summed E-state index contributed by atoms with van der Waals surface area (Å²) in [5.74, 6) is 0.208. The summed E-state index contributed by atoms with van der Waals surface area (Å²) in [4.78, 5) is 22.5. The molecule has 8 heteroatoms. The molecule has 0 spiro atoms. The average Bonchev–Trinajstić information content (AvgIpc) is 2.90. The topological polar surface area (TPSA) is 108 Å². The van der Waals surface area contributed by atoms with Crippen molar-refractivity contribution >= 4 is 28.7 Å². The minimum Gasteiger partial charge on any atom is -0.378 e. The summed E-state index contributed by atoms with van der Waals surface area (Å²) in [5.41, 5.74) is 12.9. The Labute approximate surface area is 226 Å². The predicted molar refractivity (Wildman–Crippen MR) is 155 cm³/mol. The average molecular weight is 519 g/mol. The number of morpholine rings is 1. The van der Waals surface area contributed by atoms with Crippen molar-refractivity contribution in [1.29, 1.82) is 5.41 Å². The molecule has 0 radical (unpaired) electrons. The molecule has 8 nitrogen and oxygen atoms in total. The number of benzene rings is 1. The van der Waals surface area contributed by atoms with Gasteiger partial charge in [0.1, 0.15) is 0 Å². The quantitative estimate of drug-likeness (QED) is 0.355. The van der Waals surface area contributed by atoms with Crippen LogP contribution < -0.4 is 20.9 Å². The van der Waals surface area contributed by atoms with Gasteiger partial charge in [0.2, 0.25) is 0 Å². The van der Waals surface area contributed by atoms with Crippen LogP contribution in [-0.4, -0.2) is 62.0 Å². The largest absolute Gasteiger partial charge is 0.378 e. The second-order valence-corrected chi connectivity index (χ2v) is 10.7. The molecule has 0 saturated carbocycles. The second-order valence-electron chi connectivity index (χ2n) is 10.7. The standard InChI is InChI=1S/C30H42N6O2/c1-5-21(3)29(26(32)16-23-6-7-25(15-22(23)4)35-10-12-38-13-11-35)30(37)34-27-17-33-9-8-28(27)36-18-20(2)14-24(31)19-36/h6-9,15,17,20,24,32H,5,10-14,16,18-19,31H2,1-4H3,(H,34,37). The van der Waals surface area contributed by atoms with Crippen molar-refractivity contribution in [3.63, 3.8) is 0 Å². The molecule has 2 atom stereocenters. The van der Waals surface area contributed by atoms with Gasteiger partial charge in [0.25, 0.3) is 5.91 Å². The van der Waals surface area contributed by atoms with Crippen LogP contribution in [0.4, 0.5) is 17.1 Å². The van der Waals surface area contributed by atoms with Crippen LogP contribution in [0.5, 0.6) is 0 Å². The first-order chi connectivity index (χ1) is 18.3. The molecule has 2 aliphatic heterocycles. The zero-order valence-electron chi connectivity index (χ0n) is 23.2. The Balaban J connectivity index is 1.52. The number of amides is 1. The number of piperidine rings is 1. The molecule has 2 saturated heterocycles. The molecular weight excluding hydrogens is 476 g/mol. The predicted octanol–water partition coefficient (Wildman–Crippen LogP) is 4.33. The molecule has 0 aliphatic carbocycles. The van der Waals surface area contributed by atoms with E-state index in [-0.39, 0.29) is 11.9 Å². The van der Waals surface area contributed by atoms with Gasteiger partial charge in [-0.3, -0.25) is 9.78 Å². The fourth-order valence-corrected chi connectivity index (χ4v) is 5.48. The Hall–Kier alpha value is -3.23. The number of allylic oxidation sites excluding steroid dienone is 1. The SMILES string of the molecule is CCC(C)=C(C(=N)Cc1ccc(N2CCOCC2)cc1C)C(=O)Nc1cnccc1N1CC(C)CC(N)C1.